The van der Waals surface area contributed by atoms with E-state index in [1.807, 2.05) is 0 Å². The number of carbonyl (C=O) groups excluding carboxylic acids is 1. The summed E-state index contributed by atoms with van der Waals surface area (Å²) in [7, 11) is 1.28. The van der Waals surface area contributed by atoms with Crippen LogP contribution in [0.25, 0.3) is 5.57 Å². The molecule has 3 rings (SSSR count). The molecule has 0 amide bonds. The fourth-order valence-electron chi connectivity index (χ4n) is 2.55. The number of hydrogen-bond donors (Lipinski definition) is 0. The third-order valence-electron chi connectivity index (χ3n) is 3.74. The van der Waals surface area contributed by atoms with Crippen molar-refractivity contribution in [3.8, 4) is 5.75 Å². The molecule has 0 saturated carbocycles. The number of esters is 1. The minimum absolute atomic E-state index is 0.306. The Hall–Kier alpha value is -2.76. The average molecular weight is 334 g/mol. The summed E-state index contributed by atoms with van der Waals surface area (Å²) in [4.78, 5) is 11.7. The summed E-state index contributed by atoms with van der Waals surface area (Å²) >= 11 is 0. The number of methoxy groups -OCH3 is 1. The van der Waals surface area contributed by atoms with Gasteiger partial charge in [0.25, 0.3) is 0 Å². The molecule has 0 aromatic heterocycles. The molecule has 2 aromatic rings. The smallest absolute Gasteiger partial charge is 0.416 e. The molecule has 0 saturated heterocycles. The normalized spacial score (nSPS) is 13.6. The van der Waals surface area contributed by atoms with Gasteiger partial charge in [0, 0.05) is 5.56 Å². The fourth-order valence-corrected chi connectivity index (χ4v) is 2.55. The van der Waals surface area contributed by atoms with Crippen molar-refractivity contribution in [2.45, 2.75) is 6.18 Å². The van der Waals surface area contributed by atoms with Gasteiger partial charge in [-0.3, -0.25) is 0 Å². The first-order chi connectivity index (χ1) is 11.4. The molecule has 3 nitrogen and oxygen atoms in total. The molecule has 1 aliphatic rings. The third-order valence-corrected chi connectivity index (χ3v) is 3.74. The maximum atomic E-state index is 12.7. The molecule has 1 heterocycles. The lowest BCUT2D eigenvalue weighted by Gasteiger charge is -2.20. The molecule has 0 bridgehead atoms. The van der Waals surface area contributed by atoms with E-state index in [0.717, 1.165) is 17.7 Å². The molecule has 2 aromatic carbocycles. The van der Waals surface area contributed by atoms with Crippen LogP contribution in [0.1, 0.15) is 27.0 Å². The van der Waals surface area contributed by atoms with Crippen molar-refractivity contribution in [1.82, 2.24) is 0 Å². The Morgan fingerprint density at radius 1 is 1.12 bits per heavy atom. The van der Waals surface area contributed by atoms with E-state index in [1.54, 1.807) is 24.3 Å². The zero-order valence-electron chi connectivity index (χ0n) is 12.7. The quantitative estimate of drug-likeness (QED) is 0.768. The van der Waals surface area contributed by atoms with E-state index in [-0.39, 0.29) is 0 Å². The predicted molar refractivity (Wildman–Crippen MR) is 81.8 cm³/mol. The van der Waals surface area contributed by atoms with E-state index in [1.165, 1.54) is 19.2 Å². The summed E-state index contributed by atoms with van der Waals surface area (Å²) < 4.78 is 48.3. The summed E-state index contributed by atoms with van der Waals surface area (Å²) in [6.45, 7) is 0.306. The summed E-state index contributed by atoms with van der Waals surface area (Å²) in [5, 5.41) is 0. The van der Waals surface area contributed by atoms with Gasteiger partial charge >= 0.3 is 12.1 Å². The zero-order valence-corrected chi connectivity index (χ0v) is 12.7. The number of benzene rings is 2. The Morgan fingerprint density at radius 2 is 1.83 bits per heavy atom. The van der Waals surface area contributed by atoms with Crippen molar-refractivity contribution in [1.29, 1.82) is 0 Å². The van der Waals surface area contributed by atoms with Crippen molar-refractivity contribution in [2.24, 2.45) is 0 Å². The van der Waals surface area contributed by atoms with E-state index in [4.69, 9.17) is 9.47 Å². The maximum absolute atomic E-state index is 12.7. The van der Waals surface area contributed by atoms with Gasteiger partial charge in [-0.25, -0.2) is 4.79 Å². The second-order valence-electron chi connectivity index (χ2n) is 5.21. The summed E-state index contributed by atoms with van der Waals surface area (Å²) in [6.07, 6.45) is -2.61. The van der Waals surface area contributed by atoms with Crippen molar-refractivity contribution in [3.63, 3.8) is 0 Å². The molecule has 124 valence electrons. The van der Waals surface area contributed by atoms with Gasteiger partial charge in [0.15, 0.2) is 0 Å². The number of halogens is 3. The highest BCUT2D eigenvalue weighted by Crippen LogP contribution is 2.36. The molecule has 6 heteroatoms. The highest BCUT2D eigenvalue weighted by Gasteiger charge is 2.30. The second kappa shape index (κ2) is 6.03. The van der Waals surface area contributed by atoms with Crippen molar-refractivity contribution in [3.05, 3.63) is 70.8 Å². The van der Waals surface area contributed by atoms with Crippen LogP contribution in [0, 0.1) is 0 Å². The Morgan fingerprint density at radius 3 is 2.46 bits per heavy atom. The van der Waals surface area contributed by atoms with Crippen molar-refractivity contribution in [2.75, 3.05) is 13.7 Å². The molecule has 24 heavy (non-hydrogen) atoms. The van der Waals surface area contributed by atoms with E-state index >= 15 is 0 Å². The molecular weight excluding hydrogens is 321 g/mol. The molecule has 0 aliphatic carbocycles. The summed E-state index contributed by atoms with van der Waals surface area (Å²) in [6, 6.07) is 9.75. The van der Waals surface area contributed by atoms with Crippen molar-refractivity contribution >= 4 is 11.5 Å². The van der Waals surface area contributed by atoms with E-state index < -0.39 is 17.7 Å². The average Bonchev–Trinajstić information content (AvgIpc) is 2.59. The predicted octanol–water partition coefficient (Wildman–Crippen LogP) is 4.32. The van der Waals surface area contributed by atoms with Crippen LogP contribution in [0.5, 0.6) is 5.75 Å². The van der Waals surface area contributed by atoms with Gasteiger partial charge in [-0.15, -0.1) is 0 Å². The standard InChI is InChI=1S/C18H13F3O3/c1-23-17(22)12-4-7-16-15(10-12)14(8-9-24-16)11-2-5-13(6-3-11)18(19,20)21/h2-8,10H,9H2,1H3. The van der Waals surface area contributed by atoms with Gasteiger partial charge in [0.05, 0.1) is 18.2 Å². The number of carbonyl (C=O) groups is 1. The molecule has 0 spiro atoms. The Balaban J connectivity index is 2.01. The third kappa shape index (κ3) is 2.99. The van der Waals surface area contributed by atoms with Crippen LogP contribution in [0.2, 0.25) is 0 Å². The van der Waals surface area contributed by atoms with Gasteiger partial charge in [0.2, 0.25) is 0 Å². The molecule has 1 aliphatic heterocycles. The van der Waals surface area contributed by atoms with E-state index in [0.29, 0.717) is 29.0 Å². The Labute approximate surface area is 136 Å². The minimum atomic E-state index is -4.38. The minimum Gasteiger partial charge on any atom is -0.489 e. The lowest BCUT2D eigenvalue weighted by atomic mass is 9.93. The first-order valence-electron chi connectivity index (χ1n) is 7.13. The topological polar surface area (TPSA) is 35.5 Å². The number of alkyl halides is 3. The van der Waals surface area contributed by atoms with Crippen LogP contribution >= 0.6 is 0 Å². The summed E-state index contributed by atoms with van der Waals surface area (Å²) in [5.41, 5.74) is 1.62. The zero-order chi connectivity index (χ0) is 17.3. The fraction of sp³-hybridized carbons (Fsp3) is 0.167. The van der Waals surface area contributed by atoms with Crippen LogP contribution in [0.3, 0.4) is 0 Å². The van der Waals surface area contributed by atoms with Crippen LogP contribution in [0.15, 0.2) is 48.5 Å². The van der Waals surface area contributed by atoms with E-state index in [9.17, 15) is 18.0 Å². The molecule has 0 atom stereocenters. The second-order valence-corrected chi connectivity index (χ2v) is 5.21. The van der Waals surface area contributed by atoms with Crippen LogP contribution in [-0.2, 0) is 10.9 Å². The number of rotatable bonds is 2. The Kier molecular flexibility index (Phi) is 4.05. The monoisotopic (exact) mass is 334 g/mol. The van der Waals surface area contributed by atoms with Gasteiger partial charge in [-0.1, -0.05) is 12.1 Å². The number of hydrogen-bond acceptors (Lipinski definition) is 3. The van der Waals surface area contributed by atoms with E-state index in [2.05, 4.69) is 0 Å². The number of ether oxygens (including phenoxy) is 2. The SMILES string of the molecule is COC(=O)c1ccc2c(c1)C(c1ccc(C(F)(F)F)cc1)=CCO2. The highest BCUT2D eigenvalue weighted by molar-refractivity contribution is 5.93. The first kappa shape index (κ1) is 16.1. The molecule has 0 radical (unpaired) electrons. The van der Waals surface area contributed by atoms with Gasteiger partial charge < -0.3 is 9.47 Å². The maximum Gasteiger partial charge on any atom is 0.416 e. The lowest BCUT2D eigenvalue weighted by Crippen LogP contribution is -2.09. The highest BCUT2D eigenvalue weighted by atomic mass is 19.4. The first-order valence-corrected chi connectivity index (χ1v) is 7.13. The van der Waals surface area contributed by atoms with Crippen molar-refractivity contribution < 1.29 is 27.4 Å². The van der Waals surface area contributed by atoms with Crippen LogP contribution in [-0.4, -0.2) is 19.7 Å². The van der Waals surface area contributed by atoms with Gasteiger partial charge in [-0.2, -0.15) is 13.2 Å². The van der Waals surface area contributed by atoms with Gasteiger partial charge in [0.1, 0.15) is 12.4 Å². The largest absolute Gasteiger partial charge is 0.489 e. The lowest BCUT2D eigenvalue weighted by molar-refractivity contribution is -0.137. The number of fused-ring (bicyclic) bond motifs is 1. The molecule has 0 fully saturated rings. The summed E-state index contributed by atoms with van der Waals surface area (Å²) in [5.74, 6) is 0.0789. The molecule has 0 N–H and O–H groups in total. The van der Waals surface area contributed by atoms with Crippen LogP contribution in [0.4, 0.5) is 13.2 Å². The van der Waals surface area contributed by atoms with Crippen LogP contribution < -0.4 is 4.74 Å². The molecular formula is C18H13F3O3. The van der Waals surface area contributed by atoms with Gasteiger partial charge in [-0.05, 0) is 47.5 Å². The Bertz CT molecular complexity index is 805. The molecule has 0 unspecified atom stereocenters.